The number of carbonyl (C=O) groups is 1. The van der Waals surface area contributed by atoms with Crippen LogP contribution in [0.1, 0.15) is 19.3 Å². The van der Waals surface area contributed by atoms with Crippen LogP contribution < -0.4 is 10.6 Å². The highest BCUT2D eigenvalue weighted by atomic mass is 35.5. The van der Waals surface area contributed by atoms with E-state index in [0.29, 0.717) is 5.13 Å². The average Bonchev–Trinajstić information content (AvgIpc) is 2.82. The van der Waals surface area contributed by atoms with Gasteiger partial charge in [-0.3, -0.25) is 4.79 Å². The normalized spacial score (nSPS) is 18.8. The molecule has 3 rings (SSSR count). The number of aromatic nitrogens is 1. The summed E-state index contributed by atoms with van der Waals surface area (Å²) in [5.74, 6) is 0.0359. The fourth-order valence-corrected chi connectivity index (χ4v) is 3.06. The van der Waals surface area contributed by atoms with Crippen molar-refractivity contribution in [1.82, 2.24) is 10.3 Å². The van der Waals surface area contributed by atoms with Gasteiger partial charge in [0.2, 0.25) is 5.91 Å². The molecule has 0 unspecified atom stereocenters. The topological polar surface area (TPSA) is 54.0 Å². The van der Waals surface area contributed by atoms with E-state index in [2.05, 4.69) is 15.6 Å². The number of nitrogens with zero attached hydrogens (tertiary/aromatic N) is 1. The number of carbonyl (C=O) groups excluding carboxylic acids is 1. The van der Waals surface area contributed by atoms with E-state index in [4.69, 9.17) is 0 Å². The van der Waals surface area contributed by atoms with Crippen LogP contribution in [0, 0.1) is 0 Å². The lowest BCUT2D eigenvalue weighted by atomic mass is 10.0. The molecule has 0 spiro atoms. The summed E-state index contributed by atoms with van der Waals surface area (Å²) in [5.41, 5.74) is 0.939. The van der Waals surface area contributed by atoms with Crippen molar-refractivity contribution in [2.45, 2.75) is 25.3 Å². The van der Waals surface area contributed by atoms with E-state index in [9.17, 15) is 4.79 Å². The zero-order chi connectivity index (χ0) is 12.4. The summed E-state index contributed by atoms with van der Waals surface area (Å²) in [4.78, 5) is 16.4. The number of rotatable bonds is 2. The Morgan fingerprint density at radius 1 is 1.37 bits per heavy atom. The predicted octanol–water partition coefficient (Wildman–Crippen LogP) is 2.80. The Hall–Kier alpha value is -1.17. The zero-order valence-electron chi connectivity index (χ0n) is 10.4. The molecule has 19 heavy (non-hydrogen) atoms. The van der Waals surface area contributed by atoms with Gasteiger partial charge in [-0.1, -0.05) is 29.9 Å². The van der Waals surface area contributed by atoms with Crippen molar-refractivity contribution in [1.29, 1.82) is 0 Å². The van der Waals surface area contributed by atoms with Crippen molar-refractivity contribution in [3.05, 3.63) is 24.3 Å². The first-order valence-electron chi connectivity index (χ1n) is 6.23. The van der Waals surface area contributed by atoms with E-state index in [-0.39, 0.29) is 24.4 Å². The molecule has 2 aromatic rings. The number of amides is 1. The molecule has 0 saturated carbocycles. The van der Waals surface area contributed by atoms with Crippen molar-refractivity contribution in [2.75, 3.05) is 11.9 Å². The molecule has 1 aromatic heterocycles. The Kier molecular flexibility index (Phi) is 4.74. The van der Waals surface area contributed by atoms with Crippen molar-refractivity contribution in [3.8, 4) is 0 Å². The van der Waals surface area contributed by atoms with Crippen LogP contribution in [0.5, 0.6) is 0 Å². The summed E-state index contributed by atoms with van der Waals surface area (Å²) >= 11 is 1.52. The van der Waals surface area contributed by atoms with Crippen LogP contribution in [-0.4, -0.2) is 23.5 Å². The molecule has 1 aliphatic heterocycles. The van der Waals surface area contributed by atoms with Gasteiger partial charge in [-0.05, 0) is 31.5 Å². The average molecular weight is 298 g/mol. The number of fused-ring (bicyclic) bond motifs is 1. The smallest absolute Gasteiger partial charge is 0.243 e. The Labute approximate surface area is 122 Å². The second-order valence-electron chi connectivity index (χ2n) is 4.48. The number of anilines is 1. The van der Waals surface area contributed by atoms with Gasteiger partial charge in [-0.15, -0.1) is 12.4 Å². The molecule has 1 fully saturated rings. The Morgan fingerprint density at radius 2 is 2.21 bits per heavy atom. The predicted molar refractivity (Wildman–Crippen MR) is 81.1 cm³/mol. The van der Waals surface area contributed by atoms with E-state index in [0.717, 1.165) is 36.0 Å². The molecular formula is C13H16ClN3OS. The summed E-state index contributed by atoms with van der Waals surface area (Å²) < 4.78 is 1.10. The second kappa shape index (κ2) is 6.32. The molecule has 6 heteroatoms. The summed E-state index contributed by atoms with van der Waals surface area (Å²) in [5, 5.41) is 6.83. The van der Waals surface area contributed by atoms with Crippen molar-refractivity contribution >= 4 is 45.0 Å². The lowest BCUT2D eigenvalue weighted by Crippen LogP contribution is -2.43. The molecule has 0 radical (unpaired) electrons. The highest BCUT2D eigenvalue weighted by molar-refractivity contribution is 7.22. The SMILES string of the molecule is Cl.O=C(Nc1nc2ccccc2s1)[C@@H]1CCCCN1. The highest BCUT2D eigenvalue weighted by Crippen LogP contribution is 2.25. The molecular weight excluding hydrogens is 282 g/mol. The summed E-state index contributed by atoms with van der Waals surface area (Å²) in [6, 6.07) is 7.85. The van der Waals surface area contributed by atoms with Gasteiger partial charge in [0.15, 0.2) is 5.13 Å². The van der Waals surface area contributed by atoms with E-state index < -0.39 is 0 Å². The summed E-state index contributed by atoms with van der Waals surface area (Å²) in [6.07, 6.45) is 3.19. The Bertz CT molecular complexity index is 533. The van der Waals surface area contributed by atoms with Gasteiger partial charge < -0.3 is 10.6 Å². The molecule has 1 atom stereocenters. The van der Waals surface area contributed by atoms with Gasteiger partial charge >= 0.3 is 0 Å². The Balaban J connectivity index is 0.00000133. The lowest BCUT2D eigenvalue weighted by Gasteiger charge is -2.21. The van der Waals surface area contributed by atoms with Crippen LogP contribution in [0.4, 0.5) is 5.13 Å². The van der Waals surface area contributed by atoms with Gasteiger partial charge in [0.25, 0.3) is 0 Å². The van der Waals surface area contributed by atoms with Crippen molar-refractivity contribution in [2.24, 2.45) is 0 Å². The fraction of sp³-hybridized carbons (Fsp3) is 0.385. The number of halogens is 1. The number of benzene rings is 1. The quantitative estimate of drug-likeness (QED) is 0.896. The first-order chi connectivity index (χ1) is 8.83. The third-order valence-electron chi connectivity index (χ3n) is 3.15. The van der Waals surface area contributed by atoms with Crippen molar-refractivity contribution < 1.29 is 4.79 Å². The van der Waals surface area contributed by atoms with Crippen LogP contribution in [0.25, 0.3) is 10.2 Å². The number of nitrogens with one attached hydrogen (secondary N) is 2. The number of piperidine rings is 1. The molecule has 1 saturated heterocycles. The summed E-state index contributed by atoms with van der Waals surface area (Å²) in [6.45, 7) is 0.929. The second-order valence-corrected chi connectivity index (χ2v) is 5.51. The van der Waals surface area contributed by atoms with Crippen LogP contribution in [0.3, 0.4) is 0 Å². The maximum absolute atomic E-state index is 12.0. The number of thiazole rings is 1. The van der Waals surface area contributed by atoms with Gasteiger partial charge in [-0.25, -0.2) is 4.98 Å². The van der Waals surface area contributed by atoms with E-state index in [1.807, 2.05) is 24.3 Å². The first kappa shape index (κ1) is 14.2. The van der Waals surface area contributed by atoms with Gasteiger partial charge in [-0.2, -0.15) is 0 Å². The standard InChI is InChI=1S/C13H15N3OS.ClH/c17-12(10-6-3-4-8-14-10)16-13-15-9-5-1-2-7-11(9)18-13;/h1-2,5,7,10,14H,3-4,6,8H2,(H,15,16,17);1H/t10-;/m0./s1. The molecule has 2 N–H and O–H groups in total. The lowest BCUT2D eigenvalue weighted by molar-refractivity contribution is -0.118. The van der Waals surface area contributed by atoms with Crippen LogP contribution in [-0.2, 0) is 4.79 Å². The first-order valence-corrected chi connectivity index (χ1v) is 7.04. The molecule has 0 bridgehead atoms. The molecule has 4 nitrogen and oxygen atoms in total. The van der Waals surface area contributed by atoms with Crippen LogP contribution in [0.2, 0.25) is 0 Å². The zero-order valence-corrected chi connectivity index (χ0v) is 12.0. The minimum absolute atomic E-state index is 0. The molecule has 102 valence electrons. The van der Waals surface area contributed by atoms with Gasteiger partial charge in [0.05, 0.1) is 16.3 Å². The molecule has 2 heterocycles. The minimum Gasteiger partial charge on any atom is -0.306 e. The summed E-state index contributed by atoms with van der Waals surface area (Å²) in [7, 11) is 0. The van der Waals surface area contributed by atoms with Crippen LogP contribution in [0.15, 0.2) is 24.3 Å². The molecule has 1 amide bonds. The maximum Gasteiger partial charge on any atom is 0.243 e. The third-order valence-corrected chi connectivity index (χ3v) is 4.10. The number of hydrogen-bond acceptors (Lipinski definition) is 4. The monoisotopic (exact) mass is 297 g/mol. The highest BCUT2D eigenvalue weighted by Gasteiger charge is 2.21. The number of para-hydroxylation sites is 1. The largest absolute Gasteiger partial charge is 0.306 e. The van der Waals surface area contributed by atoms with Gasteiger partial charge in [0.1, 0.15) is 0 Å². The van der Waals surface area contributed by atoms with E-state index in [1.54, 1.807) is 0 Å². The van der Waals surface area contributed by atoms with Crippen molar-refractivity contribution in [3.63, 3.8) is 0 Å². The molecule has 0 aliphatic carbocycles. The third kappa shape index (κ3) is 3.23. The van der Waals surface area contributed by atoms with E-state index in [1.165, 1.54) is 11.3 Å². The molecule has 1 aliphatic rings. The minimum atomic E-state index is -0.0641. The van der Waals surface area contributed by atoms with Gasteiger partial charge in [0, 0.05) is 0 Å². The maximum atomic E-state index is 12.0. The number of hydrogen-bond donors (Lipinski definition) is 2. The van der Waals surface area contributed by atoms with Crippen LogP contribution >= 0.6 is 23.7 Å². The fourth-order valence-electron chi connectivity index (χ4n) is 2.19. The van der Waals surface area contributed by atoms with E-state index >= 15 is 0 Å². The Morgan fingerprint density at radius 3 is 2.95 bits per heavy atom. The molecule has 1 aromatic carbocycles.